The van der Waals surface area contributed by atoms with Gasteiger partial charge in [0.25, 0.3) is 0 Å². The van der Waals surface area contributed by atoms with Gasteiger partial charge in [0.15, 0.2) is 0 Å². The Morgan fingerprint density at radius 2 is 2.29 bits per heavy atom. The molecule has 17 heavy (non-hydrogen) atoms. The lowest BCUT2D eigenvalue weighted by Gasteiger charge is -2.14. The maximum absolute atomic E-state index is 13.0. The van der Waals surface area contributed by atoms with Gasteiger partial charge >= 0.3 is 0 Å². The van der Waals surface area contributed by atoms with Crippen LogP contribution in [0.1, 0.15) is 24.4 Å². The first kappa shape index (κ1) is 12.1. The second-order valence-electron chi connectivity index (χ2n) is 3.71. The van der Waals surface area contributed by atoms with Crippen molar-refractivity contribution in [2.24, 2.45) is 5.73 Å². The summed E-state index contributed by atoms with van der Waals surface area (Å²) >= 11 is 5.98. The molecule has 0 fully saturated rings. The Labute approximate surface area is 104 Å². The fraction of sp³-hybridized carbons (Fsp3) is 0.250. The van der Waals surface area contributed by atoms with Crippen molar-refractivity contribution in [3.8, 4) is 0 Å². The second-order valence-corrected chi connectivity index (χ2v) is 4.12. The molecule has 1 heterocycles. The third kappa shape index (κ3) is 2.33. The van der Waals surface area contributed by atoms with Crippen molar-refractivity contribution in [2.75, 3.05) is 0 Å². The highest BCUT2D eigenvalue weighted by molar-refractivity contribution is 6.31. The molecule has 2 aromatic rings. The van der Waals surface area contributed by atoms with Crippen LogP contribution in [0.4, 0.5) is 4.39 Å². The number of rotatable bonds is 3. The minimum atomic E-state index is -0.446. The Balaban J connectivity index is 2.40. The number of hydrogen-bond donors (Lipinski definition) is 1. The molecule has 0 aliphatic carbocycles. The van der Waals surface area contributed by atoms with E-state index >= 15 is 0 Å². The molecular weight excluding hydrogens is 241 g/mol. The van der Waals surface area contributed by atoms with Gasteiger partial charge in [0.1, 0.15) is 11.6 Å². The van der Waals surface area contributed by atoms with E-state index in [9.17, 15) is 4.39 Å². The van der Waals surface area contributed by atoms with E-state index < -0.39 is 6.04 Å². The maximum atomic E-state index is 13.0. The highest BCUT2D eigenvalue weighted by Gasteiger charge is 2.17. The minimum Gasteiger partial charge on any atom is -0.334 e. The van der Waals surface area contributed by atoms with Crippen LogP contribution < -0.4 is 5.73 Å². The van der Waals surface area contributed by atoms with Crippen molar-refractivity contribution in [2.45, 2.75) is 19.5 Å². The van der Waals surface area contributed by atoms with Gasteiger partial charge in [-0.3, -0.25) is 0 Å². The zero-order chi connectivity index (χ0) is 12.4. The van der Waals surface area contributed by atoms with Crippen LogP contribution in [0.25, 0.3) is 0 Å². The van der Waals surface area contributed by atoms with Crippen molar-refractivity contribution in [1.82, 2.24) is 9.55 Å². The molecule has 0 aliphatic rings. The summed E-state index contributed by atoms with van der Waals surface area (Å²) in [5, 5.41) is 0.322. The summed E-state index contributed by atoms with van der Waals surface area (Å²) in [6.07, 6.45) is 3.54. The van der Waals surface area contributed by atoms with Gasteiger partial charge in [-0.2, -0.15) is 0 Å². The van der Waals surface area contributed by atoms with Gasteiger partial charge < -0.3 is 10.3 Å². The van der Waals surface area contributed by atoms with Crippen LogP contribution in [0.2, 0.25) is 5.02 Å². The van der Waals surface area contributed by atoms with Crippen molar-refractivity contribution < 1.29 is 4.39 Å². The molecule has 1 aromatic heterocycles. The fourth-order valence-electron chi connectivity index (χ4n) is 1.76. The van der Waals surface area contributed by atoms with E-state index in [2.05, 4.69) is 4.98 Å². The monoisotopic (exact) mass is 253 g/mol. The molecule has 1 atom stereocenters. The standard InChI is InChI=1S/C12H13ClFN3/c1-2-17-6-5-16-12(17)11(15)9-4-3-8(14)7-10(9)13/h3-7,11H,2,15H2,1H3. The van der Waals surface area contributed by atoms with Crippen LogP contribution in [0.15, 0.2) is 30.6 Å². The van der Waals surface area contributed by atoms with E-state index in [0.29, 0.717) is 10.6 Å². The third-order valence-electron chi connectivity index (χ3n) is 2.66. The molecule has 0 radical (unpaired) electrons. The van der Waals surface area contributed by atoms with Gasteiger partial charge in [-0.05, 0) is 24.6 Å². The average Bonchev–Trinajstić information content (AvgIpc) is 2.76. The van der Waals surface area contributed by atoms with E-state index in [-0.39, 0.29) is 5.82 Å². The predicted molar refractivity (Wildman–Crippen MR) is 65.3 cm³/mol. The summed E-state index contributed by atoms with van der Waals surface area (Å²) < 4.78 is 14.9. The smallest absolute Gasteiger partial charge is 0.130 e. The van der Waals surface area contributed by atoms with Crippen LogP contribution in [0.3, 0.4) is 0 Å². The second kappa shape index (κ2) is 4.85. The number of hydrogen-bond acceptors (Lipinski definition) is 2. The molecule has 0 saturated heterocycles. The molecule has 2 rings (SSSR count). The fourth-order valence-corrected chi connectivity index (χ4v) is 2.04. The SMILES string of the molecule is CCn1ccnc1C(N)c1ccc(F)cc1Cl. The number of nitrogens with two attached hydrogens (primary N) is 1. The van der Waals surface area contributed by atoms with Gasteiger partial charge in [-0.25, -0.2) is 9.37 Å². The predicted octanol–water partition coefficient (Wildman–Crippen LogP) is 2.74. The quantitative estimate of drug-likeness (QED) is 0.914. The number of halogens is 2. The summed E-state index contributed by atoms with van der Waals surface area (Å²) in [4.78, 5) is 4.21. The van der Waals surface area contributed by atoms with Crippen molar-refractivity contribution in [3.63, 3.8) is 0 Å². The Kier molecular flexibility index (Phi) is 3.45. The molecule has 1 unspecified atom stereocenters. The average molecular weight is 254 g/mol. The molecule has 1 aromatic carbocycles. The molecule has 0 spiro atoms. The van der Waals surface area contributed by atoms with E-state index in [1.54, 1.807) is 12.3 Å². The van der Waals surface area contributed by atoms with Crippen LogP contribution in [0, 0.1) is 5.82 Å². The number of aryl methyl sites for hydroxylation is 1. The third-order valence-corrected chi connectivity index (χ3v) is 2.99. The van der Waals surface area contributed by atoms with Gasteiger partial charge in [0.2, 0.25) is 0 Å². The minimum absolute atomic E-state index is 0.322. The lowest BCUT2D eigenvalue weighted by Crippen LogP contribution is -2.18. The topological polar surface area (TPSA) is 43.8 Å². The van der Waals surface area contributed by atoms with Gasteiger partial charge in [-0.15, -0.1) is 0 Å². The van der Waals surface area contributed by atoms with E-state index in [4.69, 9.17) is 17.3 Å². The first-order chi connectivity index (χ1) is 8.13. The van der Waals surface area contributed by atoms with Crippen LogP contribution in [-0.4, -0.2) is 9.55 Å². The van der Waals surface area contributed by atoms with Crippen molar-refractivity contribution in [1.29, 1.82) is 0 Å². The molecule has 3 nitrogen and oxygen atoms in total. The molecule has 2 N–H and O–H groups in total. The number of benzene rings is 1. The van der Waals surface area contributed by atoms with E-state index in [1.807, 2.05) is 17.7 Å². The maximum Gasteiger partial charge on any atom is 0.130 e. The first-order valence-electron chi connectivity index (χ1n) is 5.35. The summed E-state index contributed by atoms with van der Waals surface area (Å²) in [5.74, 6) is 0.353. The molecule has 0 amide bonds. The lowest BCUT2D eigenvalue weighted by molar-refractivity contribution is 0.623. The van der Waals surface area contributed by atoms with E-state index in [0.717, 1.165) is 12.4 Å². The molecular formula is C12H13ClFN3. The molecule has 90 valence electrons. The molecule has 0 bridgehead atoms. The highest BCUT2D eigenvalue weighted by Crippen LogP contribution is 2.26. The number of aromatic nitrogens is 2. The van der Waals surface area contributed by atoms with Crippen LogP contribution in [0.5, 0.6) is 0 Å². The van der Waals surface area contributed by atoms with Gasteiger partial charge in [0.05, 0.1) is 6.04 Å². The molecule has 0 aliphatic heterocycles. The van der Waals surface area contributed by atoms with Crippen molar-refractivity contribution in [3.05, 3.63) is 52.8 Å². The highest BCUT2D eigenvalue weighted by atomic mass is 35.5. The summed E-state index contributed by atoms with van der Waals surface area (Å²) in [7, 11) is 0. The van der Waals surface area contributed by atoms with Crippen molar-refractivity contribution >= 4 is 11.6 Å². The Morgan fingerprint density at radius 3 is 2.94 bits per heavy atom. The van der Waals surface area contributed by atoms with Gasteiger partial charge in [0, 0.05) is 24.0 Å². The summed E-state index contributed by atoms with van der Waals surface area (Å²) in [6, 6.07) is 3.76. The summed E-state index contributed by atoms with van der Waals surface area (Å²) in [6.45, 7) is 2.78. The normalized spacial score (nSPS) is 12.7. The number of imidazole rings is 1. The Hall–Kier alpha value is -1.39. The summed E-state index contributed by atoms with van der Waals surface area (Å²) in [5.41, 5.74) is 6.77. The Morgan fingerprint density at radius 1 is 1.53 bits per heavy atom. The zero-order valence-electron chi connectivity index (χ0n) is 9.40. The van der Waals surface area contributed by atoms with Crippen LogP contribution in [-0.2, 0) is 6.54 Å². The van der Waals surface area contributed by atoms with Gasteiger partial charge in [-0.1, -0.05) is 17.7 Å². The lowest BCUT2D eigenvalue weighted by atomic mass is 10.1. The Bertz CT molecular complexity index is 524. The van der Waals surface area contributed by atoms with E-state index in [1.165, 1.54) is 12.1 Å². The number of nitrogens with zero attached hydrogens (tertiary/aromatic N) is 2. The van der Waals surface area contributed by atoms with Crippen LogP contribution >= 0.6 is 11.6 Å². The largest absolute Gasteiger partial charge is 0.334 e. The molecule has 5 heteroatoms. The zero-order valence-corrected chi connectivity index (χ0v) is 10.2. The molecule has 0 saturated carbocycles. The first-order valence-corrected chi connectivity index (χ1v) is 5.72.